The minimum atomic E-state index is -3.02. The summed E-state index contributed by atoms with van der Waals surface area (Å²) in [6.45, 7) is 1.07. The average molecular weight is 288 g/mol. The predicted molar refractivity (Wildman–Crippen MR) is 69.3 cm³/mol. The van der Waals surface area contributed by atoms with Crippen molar-refractivity contribution in [2.75, 3.05) is 34.8 Å². The Bertz CT molecular complexity index is 618. The van der Waals surface area contributed by atoms with Gasteiger partial charge >= 0.3 is 0 Å². The fourth-order valence-electron chi connectivity index (χ4n) is 2.78. The molecule has 4 nitrogen and oxygen atoms in total. The minimum Gasteiger partial charge on any atom is -0.379 e. The highest BCUT2D eigenvalue weighted by Gasteiger charge is 2.35. The van der Waals surface area contributed by atoms with Crippen LogP contribution in [0.2, 0.25) is 0 Å². The molecule has 3 rings (SSSR count). The van der Waals surface area contributed by atoms with E-state index in [1.54, 1.807) is 0 Å². The van der Waals surface area contributed by atoms with Crippen molar-refractivity contribution in [3.05, 3.63) is 23.8 Å². The first-order valence-corrected chi connectivity index (χ1v) is 7.98. The summed E-state index contributed by atoms with van der Waals surface area (Å²) in [5, 5.41) is 2.90. The molecule has 104 valence electrons. The highest BCUT2D eigenvalue weighted by atomic mass is 32.2. The molecule has 0 radical (unpaired) electrons. The van der Waals surface area contributed by atoms with E-state index in [-0.39, 0.29) is 23.2 Å². The molecule has 1 aromatic carbocycles. The second kappa shape index (κ2) is 4.33. The Balaban J connectivity index is 1.99. The van der Waals surface area contributed by atoms with Crippen molar-refractivity contribution in [3.8, 4) is 0 Å². The Morgan fingerprint density at radius 1 is 1.32 bits per heavy atom. The lowest BCUT2D eigenvalue weighted by Gasteiger charge is -2.36. The first-order valence-electron chi connectivity index (χ1n) is 6.16. The van der Waals surface area contributed by atoms with E-state index in [9.17, 15) is 17.2 Å². The summed E-state index contributed by atoms with van der Waals surface area (Å²) in [5.41, 5.74) is 0.683. The normalized spacial score (nSPS) is 24.9. The number of halogens is 2. The van der Waals surface area contributed by atoms with Crippen LogP contribution in [0.25, 0.3) is 0 Å². The fourth-order valence-corrected chi connectivity index (χ4v) is 4.51. The van der Waals surface area contributed by atoms with Crippen molar-refractivity contribution < 1.29 is 17.2 Å². The first kappa shape index (κ1) is 12.7. The van der Waals surface area contributed by atoms with Crippen molar-refractivity contribution in [2.24, 2.45) is 0 Å². The largest absolute Gasteiger partial charge is 0.379 e. The molecular formula is C12H14F2N2O2S. The average Bonchev–Trinajstić information content (AvgIpc) is 2.69. The lowest BCUT2D eigenvalue weighted by atomic mass is 10.1. The number of nitrogens with zero attached hydrogens (tertiary/aromatic N) is 1. The van der Waals surface area contributed by atoms with E-state index >= 15 is 0 Å². The maximum atomic E-state index is 13.7. The molecule has 0 amide bonds. The van der Waals surface area contributed by atoms with Crippen LogP contribution in [0.5, 0.6) is 0 Å². The van der Waals surface area contributed by atoms with Gasteiger partial charge in [0, 0.05) is 25.2 Å². The maximum absolute atomic E-state index is 13.7. The standard InChI is InChI=1S/C12H14F2N2O2S/c13-8-5-10(14)12-11(6-8)16(3-2-15-12)9-1-4-19(17,18)7-9/h5-6,9,15H,1-4,7H2. The minimum absolute atomic E-state index is 0.0601. The van der Waals surface area contributed by atoms with Gasteiger partial charge in [0.25, 0.3) is 0 Å². The van der Waals surface area contributed by atoms with Crippen LogP contribution < -0.4 is 10.2 Å². The van der Waals surface area contributed by atoms with Gasteiger partial charge in [0.05, 0.1) is 22.9 Å². The Labute approximate surface area is 110 Å². The zero-order chi connectivity index (χ0) is 13.6. The quantitative estimate of drug-likeness (QED) is 0.848. The van der Waals surface area contributed by atoms with Crippen molar-refractivity contribution in [1.82, 2.24) is 0 Å². The summed E-state index contributed by atoms with van der Waals surface area (Å²) < 4.78 is 50.1. The van der Waals surface area contributed by atoms with Gasteiger partial charge in [-0.05, 0) is 12.5 Å². The molecule has 7 heteroatoms. The van der Waals surface area contributed by atoms with Gasteiger partial charge in [-0.25, -0.2) is 17.2 Å². The lowest BCUT2D eigenvalue weighted by Crippen LogP contribution is -2.42. The van der Waals surface area contributed by atoms with Gasteiger partial charge in [0.15, 0.2) is 15.7 Å². The zero-order valence-electron chi connectivity index (χ0n) is 10.2. The number of rotatable bonds is 1. The molecule has 2 aliphatic heterocycles. The van der Waals surface area contributed by atoms with Crippen LogP contribution in [-0.4, -0.2) is 39.1 Å². The Morgan fingerprint density at radius 3 is 2.79 bits per heavy atom. The number of fused-ring (bicyclic) bond motifs is 1. The zero-order valence-corrected chi connectivity index (χ0v) is 11.0. The molecule has 2 heterocycles. The highest BCUT2D eigenvalue weighted by molar-refractivity contribution is 7.91. The Hall–Kier alpha value is -1.37. The van der Waals surface area contributed by atoms with Crippen molar-refractivity contribution in [1.29, 1.82) is 0 Å². The summed E-state index contributed by atoms with van der Waals surface area (Å²) in [7, 11) is -3.02. The second-order valence-electron chi connectivity index (χ2n) is 4.96. The molecule has 0 aliphatic carbocycles. The molecule has 1 fully saturated rings. The van der Waals surface area contributed by atoms with Crippen LogP contribution in [0.15, 0.2) is 12.1 Å². The van der Waals surface area contributed by atoms with Gasteiger partial charge in [-0.1, -0.05) is 0 Å². The number of benzene rings is 1. The maximum Gasteiger partial charge on any atom is 0.152 e. The summed E-state index contributed by atoms with van der Waals surface area (Å²) in [6.07, 6.45) is 0.514. The predicted octanol–water partition coefficient (Wildman–Crippen LogP) is 1.38. The number of nitrogens with one attached hydrogen (secondary N) is 1. The van der Waals surface area contributed by atoms with Crippen molar-refractivity contribution >= 4 is 21.2 Å². The van der Waals surface area contributed by atoms with Gasteiger partial charge in [0.2, 0.25) is 0 Å². The van der Waals surface area contributed by atoms with Crippen LogP contribution in [0.1, 0.15) is 6.42 Å². The number of anilines is 2. The third-order valence-corrected chi connectivity index (χ3v) is 5.40. The van der Waals surface area contributed by atoms with E-state index in [1.165, 1.54) is 6.07 Å². The molecule has 19 heavy (non-hydrogen) atoms. The van der Waals surface area contributed by atoms with Crippen LogP contribution >= 0.6 is 0 Å². The number of sulfone groups is 1. The van der Waals surface area contributed by atoms with Gasteiger partial charge in [-0.3, -0.25) is 0 Å². The van der Waals surface area contributed by atoms with E-state index in [1.807, 2.05) is 4.90 Å². The van der Waals surface area contributed by atoms with E-state index < -0.39 is 21.5 Å². The van der Waals surface area contributed by atoms with Crippen LogP contribution in [0, 0.1) is 11.6 Å². The molecule has 1 atom stereocenters. The van der Waals surface area contributed by atoms with Gasteiger partial charge < -0.3 is 10.2 Å². The highest BCUT2D eigenvalue weighted by Crippen LogP contribution is 2.35. The van der Waals surface area contributed by atoms with Gasteiger partial charge in [-0.15, -0.1) is 0 Å². The van der Waals surface area contributed by atoms with Gasteiger partial charge in [0.1, 0.15) is 5.82 Å². The molecule has 1 unspecified atom stereocenters. The van der Waals surface area contributed by atoms with E-state index in [2.05, 4.69) is 5.32 Å². The van der Waals surface area contributed by atoms with Crippen LogP contribution in [0.3, 0.4) is 0 Å². The van der Waals surface area contributed by atoms with Crippen molar-refractivity contribution in [3.63, 3.8) is 0 Å². The molecule has 1 aromatic rings. The summed E-state index contributed by atoms with van der Waals surface area (Å²) in [5.74, 6) is -1.08. The molecular weight excluding hydrogens is 274 g/mol. The SMILES string of the molecule is O=S1(=O)CCC(N2CCNc3c(F)cc(F)cc32)C1. The van der Waals surface area contributed by atoms with Crippen LogP contribution in [-0.2, 0) is 9.84 Å². The number of hydrogen-bond acceptors (Lipinski definition) is 4. The first-order chi connectivity index (χ1) is 8.96. The third kappa shape index (κ3) is 2.27. The number of hydrogen-bond donors (Lipinski definition) is 1. The third-order valence-electron chi connectivity index (χ3n) is 3.65. The Morgan fingerprint density at radius 2 is 2.11 bits per heavy atom. The molecule has 1 saturated heterocycles. The van der Waals surface area contributed by atoms with Crippen LogP contribution in [0.4, 0.5) is 20.2 Å². The summed E-state index contributed by atoms with van der Waals surface area (Å²) in [4.78, 5) is 1.81. The van der Waals surface area contributed by atoms with Crippen molar-refractivity contribution in [2.45, 2.75) is 12.5 Å². The van der Waals surface area contributed by atoms with Gasteiger partial charge in [-0.2, -0.15) is 0 Å². The second-order valence-corrected chi connectivity index (χ2v) is 7.19. The Kier molecular flexibility index (Phi) is 2.88. The molecule has 2 aliphatic rings. The van der Waals surface area contributed by atoms with E-state index in [0.717, 1.165) is 6.07 Å². The summed E-state index contributed by atoms with van der Waals surface area (Å²) >= 11 is 0. The lowest BCUT2D eigenvalue weighted by molar-refractivity contribution is 0.573. The molecule has 0 bridgehead atoms. The molecule has 0 spiro atoms. The molecule has 1 N–H and O–H groups in total. The molecule has 0 aromatic heterocycles. The smallest absolute Gasteiger partial charge is 0.152 e. The monoisotopic (exact) mass is 288 g/mol. The molecule has 0 saturated carbocycles. The summed E-state index contributed by atoms with van der Waals surface area (Å²) in [6, 6.07) is 1.91. The van der Waals surface area contributed by atoms with E-state index in [0.29, 0.717) is 25.2 Å². The topological polar surface area (TPSA) is 49.4 Å². The fraction of sp³-hybridized carbons (Fsp3) is 0.500. The van der Waals surface area contributed by atoms with E-state index in [4.69, 9.17) is 0 Å².